The molecule has 0 aliphatic carbocycles. The number of rotatable bonds is 2. The third-order valence-corrected chi connectivity index (χ3v) is 2.49. The van der Waals surface area contributed by atoms with Crippen LogP contribution in [0.3, 0.4) is 0 Å². The highest BCUT2D eigenvalue weighted by molar-refractivity contribution is 5.09. The van der Waals surface area contributed by atoms with E-state index in [2.05, 4.69) is 5.10 Å². The number of ether oxygens (including phenoxy) is 1. The Hall–Kier alpha value is -0.830. The Balaban J connectivity index is 2.26. The van der Waals surface area contributed by atoms with E-state index in [0.29, 0.717) is 5.69 Å². The van der Waals surface area contributed by atoms with Crippen LogP contribution in [0.1, 0.15) is 47.9 Å². The lowest BCUT2D eigenvalue weighted by atomic mass is 10.2. The maximum Gasteiger partial charge on any atom is 0.150 e. The standard InChI is InChI=1S/C11H18N2O/c1-3-10-8-9(2)12-13(10)11-6-4-5-7-14-11/h8,11H,3-7H2,1-2H3/i1D2,3D. The topological polar surface area (TPSA) is 27.1 Å². The molecular weight excluding hydrogens is 176 g/mol. The molecule has 2 heterocycles. The SMILES string of the molecule is [2H]C([2H])C([2H])c1cc(C)nn1C1CCCCO1. The molecule has 2 rings (SSSR count). The van der Waals surface area contributed by atoms with E-state index >= 15 is 0 Å². The summed E-state index contributed by atoms with van der Waals surface area (Å²) in [6.07, 6.45) is 2.04. The maximum absolute atomic E-state index is 7.85. The molecule has 0 bridgehead atoms. The average Bonchev–Trinajstić information content (AvgIpc) is 2.71. The fraction of sp³-hybridized carbons (Fsp3) is 0.727. The molecule has 1 fully saturated rings. The lowest BCUT2D eigenvalue weighted by molar-refractivity contribution is -0.0411. The fourth-order valence-corrected chi connectivity index (χ4v) is 1.81. The first-order chi connectivity index (χ1) is 8.09. The second kappa shape index (κ2) is 4.13. The van der Waals surface area contributed by atoms with Crippen molar-refractivity contribution in [1.29, 1.82) is 0 Å². The van der Waals surface area contributed by atoms with Crippen molar-refractivity contribution < 1.29 is 8.85 Å². The summed E-state index contributed by atoms with van der Waals surface area (Å²) in [5.41, 5.74) is 1.43. The molecule has 2 unspecified atom stereocenters. The Morgan fingerprint density at radius 1 is 1.79 bits per heavy atom. The lowest BCUT2D eigenvalue weighted by Crippen LogP contribution is -2.20. The van der Waals surface area contributed by atoms with Crippen LogP contribution >= 0.6 is 0 Å². The second-order valence-electron chi connectivity index (χ2n) is 3.64. The molecule has 0 aromatic carbocycles. The van der Waals surface area contributed by atoms with Crippen molar-refractivity contribution in [2.45, 2.75) is 45.7 Å². The van der Waals surface area contributed by atoms with Crippen LogP contribution in [-0.4, -0.2) is 16.4 Å². The minimum atomic E-state index is -1.20. The van der Waals surface area contributed by atoms with Gasteiger partial charge >= 0.3 is 0 Å². The summed E-state index contributed by atoms with van der Waals surface area (Å²) < 4.78 is 29.9. The largest absolute Gasteiger partial charge is 0.357 e. The smallest absolute Gasteiger partial charge is 0.150 e. The molecule has 0 saturated carbocycles. The van der Waals surface area contributed by atoms with Gasteiger partial charge in [-0.25, -0.2) is 4.68 Å². The van der Waals surface area contributed by atoms with Gasteiger partial charge in [-0.2, -0.15) is 5.10 Å². The molecule has 0 spiro atoms. The number of hydrogen-bond acceptors (Lipinski definition) is 2. The molecule has 14 heavy (non-hydrogen) atoms. The first-order valence-electron chi connectivity index (χ1n) is 6.77. The third kappa shape index (κ3) is 1.82. The normalized spacial score (nSPS) is 28.1. The zero-order valence-corrected chi connectivity index (χ0v) is 8.44. The van der Waals surface area contributed by atoms with Crippen LogP contribution in [0.2, 0.25) is 0 Å². The van der Waals surface area contributed by atoms with Crippen LogP contribution < -0.4 is 0 Å². The molecule has 78 valence electrons. The number of aryl methyl sites for hydroxylation is 2. The highest BCUT2D eigenvalue weighted by atomic mass is 16.5. The minimum Gasteiger partial charge on any atom is -0.357 e. The highest BCUT2D eigenvalue weighted by Crippen LogP contribution is 2.23. The average molecular weight is 197 g/mol. The first-order valence-corrected chi connectivity index (χ1v) is 5.04. The van der Waals surface area contributed by atoms with E-state index in [4.69, 9.17) is 8.85 Å². The molecule has 0 amide bonds. The van der Waals surface area contributed by atoms with Crippen molar-refractivity contribution in [1.82, 2.24) is 9.78 Å². The Morgan fingerprint density at radius 3 is 3.43 bits per heavy atom. The van der Waals surface area contributed by atoms with Crippen molar-refractivity contribution >= 4 is 0 Å². The summed E-state index contributed by atoms with van der Waals surface area (Å²) in [6.45, 7) is 1.38. The molecule has 1 aliphatic rings. The summed E-state index contributed by atoms with van der Waals surface area (Å²) in [5, 5.41) is 4.34. The minimum absolute atomic E-state index is 0.126. The van der Waals surface area contributed by atoms with Crippen molar-refractivity contribution in [3.8, 4) is 0 Å². The number of nitrogens with zero attached hydrogens (tertiary/aromatic N) is 2. The second-order valence-corrected chi connectivity index (χ2v) is 3.64. The van der Waals surface area contributed by atoms with Gasteiger partial charge in [0.15, 0.2) is 0 Å². The van der Waals surface area contributed by atoms with E-state index in [9.17, 15) is 0 Å². The van der Waals surface area contributed by atoms with Gasteiger partial charge in [-0.15, -0.1) is 0 Å². The van der Waals surface area contributed by atoms with Crippen LogP contribution in [-0.2, 0) is 11.1 Å². The van der Waals surface area contributed by atoms with Crippen molar-refractivity contribution in [2.24, 2.45) is 0 Å². The Labute approximate surface area is 89.3 Å². The van der Waals surface area contributed by atoms with Crippen molar-refractivity contribution in [3.63, 3.8) is 0 Å². The molecule has 0 N–H and O–H groups in total. The number of hydrogen-bond donors (Lipinski definition) is 0. The van der Waals surface area contributed by atoms with Gasteiger partial charge in [-0.1, -0.05) is 6.88 Å². The Kier molecular flexibility index (Phi) is 1.95. The molecule has 3 heteroatoms. The van der Waals surface area contributed by atoms with Gasteiger partial charge in [0.1, 0.15) is 6.23 Å². The Bertz CT molecular complexity index is 375. The molecule has 2 atom stereocenters. The third-order valence-electron chi connectivity index (χ3n) is 2.49. The molecule has 1 aliphatic heterocycles. The van der Waals surface area contributed by atoms with Crippen molar-refractivity contribution in [3.05, 3.63) is 17.5 Å². The van der Waals surface area contributed by atoms with Gasteiger partial charge in [0, 0.05) is 16.4 Å². The quantitative estimate of drug-likeness (QED) is 0.728. The van der Waals surface area contributed by atoms with Gasteiger partial charge in [-0.05, 0) is 38.6 Å². The van der Waals surface area contributed by atoms with Gasteiger partial charge < -0.3 is 4.74 Å². The van der Waals surface area contributed by atoms with Gasteiger partial charge in [0.2, 0.25) is 0 Å². The van der Waals surface area contributed by atoms with E-state index in [1.807, 2.05) is 6.92 Å². The first kappa shape index (κ1) is 6.62. The van der Waals surface area contributed by atoms with Crippen molar-refractivity contribution in [2.75, 3.05) is 6.61 Å². The zero-order valence-electron chi connectivity index (χ0n) is 11.4. The van der Waals surface area contributed by atoms with E-state index in [-0.39, 0.29) is 6.23 Å². The number of aromatic nitrogens is 2. The van der Waals surface area contributed by atoms with Crippen LogP contribution in [0, 0.1) is 6.92 Å². The summed E-state index contributed by atoms with van der Waals surface area (Å²) in [5.74, 6) is 0. The monoisotopic (exact) mass is 197 g/mol. The summed E-state index contributed by atoms with van der Waals surface area (Å²) in [7, 11) is 0. The Morgan fingerprint density at radius 2 is 2.71 bits per heavy atom. The van der Waals surface area contributed by atoms with Gasteiger partial charge in [0.05, 0.1) is 5.69 Å². The fourth-order valence-electron chi connectivity index (χ4n) is 1.81. The van der Waals surface area contributed by atoms with Crippen LogP contribution in [0.15, 0.2) is 6.07 Å². The van der Waals surface area contributed by atoms with E-state index in [1.54, 1.807) is 10.7 Å². The molecular formula is C11H18N2O. The summed E-state index contributed by atoms with van der Waals surface area (Å²) in [4.78, 5) is 0. The van der Waals surface area contributed by atoms with Crippen LogP contribution in [0.4, 0.5) is 0 Å². The van der Waals surface area contributed by atoms with Crippen LogP contribution in [0.25, 0.3) is 0 Å². The lowest BCUT2D eigenvalue weighted by Gasteiger charge is -2.24. The summed E-state index contributed by atoms with van der Waals surface area (Å²) in [6, 6.07) is 1.78. The molecule has 1 aromatic rings. The van der Waals surface area contributed by atoms with E-state index in [0.717, 1.165) is 31.6 Å². The molecule has 0 radical (unpaired) electrons. The predicted molar refractivity (Wildman–Crippen MR) is 55.2 cm³/mol. The summed E-state index contributed by atoms with van der Waals surface area (Å²) >= 11 is 0. The molecule has 3 nitrogen and oxygen atoms in total. The van der Waals surface area contributed by atoms with Gasteiger partial charge in [0.25, 0.3) is 0 Å². The highest BCUT2D eigenvalue weighted by Gasteiger charge is 2.18. The zero-order chi connectivity index (χ0) is 12.4. The van der Waals surface area contributed by atoms with Crippen LogP contribution in [0.5, 0.6) is 0 Å². The van der Waals surface area contributed by atoms with E-state index in [1.165, 1.54) is 0 Å². The van der Waals surface area contributed by atoms with E-state index < -0.39 is 13.3 Å². The molecule has 1 aromatic heterocycles. The van der Waals surface area contributed by atoms with Gasteiger partial charge in [-0.3, -0.25) is 0 Å². The molecule has 1 saturated heterocycles. The maximum atomic E-state index is 7.85. The predicted octanol–water partition coefficient (Wildman–Crippen LogP) is 2.45.